The molecule has 2 heterocycles. The molecule has 1 N–H and O–H groups in total. The van der Waals surface area contributed by atoms with Crippen LogP contribution in [0.3, 0.4) is 0 Å². The predicted molar refractivity (Wildman–Crippen MR) is 88.5 cm³/mol. The second kappa shape index (κ2) is 6.78. The van der Waals surface area contributed by atoms with Gasteiger partial charge >= 0.3 is 0 Å². The van der Waals surface area contributed by atoms with Crippen molar-refractivity contribution in [3.05, 3.63) is 23.9 Å². The number of nitrogens with one attached hydrogen (secondary N) is 1. The second-order valence-electron chi connectivity index (χ2n) is 6.91. The molecule has 1 atom stereocenters. The van der Waals surface area contributed by atoms with E-state index in [0.29, 0.717) is 18.1 Å². The first-order valence-electron chi connectivity index (χ1n) is 8.73. The Morgan fingerprint density at radius 3 is 2.71 bits per heavy atom. The van der Waals surface area contributed by atoms with Crippen molar-refractivity contribution in [3.8, 4) is 0 Å². The van der Waals surface area contributed by atoms with Gasteiger partial charge in [0.15, 0.2) is 0 Å². The highest BCUT2D eigenvalue weighted by Gasteiger charge is 2.30. The molecule has 0 aromatic carbocycles. The normalized spacial score (nSPS) is 24.6. The van der Waals surface area contributed by atoms with E-state index < -0.39 is 0 Å². The fourth-order valence-electron chi connectivity index (χ4n) is 3.99. The third kappa shape index (κ3) is 3.39. The van der Waals surface area contributed by atoms with Crippen LogP contribution in [0.5, 0.6) is 0 Å². The monoisotopic (exact) mass is 287 g/mol. The number of hydrogen-bond acceptors (Lipinski definition) is 3. The fourth-order valence-corrected chi connectivity index (χ4v) is 3.99. The van der Waals surface area contributed by atoms with Crippen molar-refractivity contribution >= 4 is 5.82 Å². The van der Waals surface area contributed by atoms with Crippen LogP contribution in [0.1, 0.15) is 70.4 Å². The van der Waals surface area contributed by atoms with Gasteiger partial charge in [0.1, 0.15) is 5.82 Å². The van der Waals surface area contributed by atoms with Gasteiger partial charge in [-0.2, -0.15) is 0 Å². The second-order valence-corrected chi connectivity index (χ2v) is 6.91. The Hall–Kier alpha value is -1.09. The van der Waals surface area contributed by atoms with Crippen LogP contribution in [0.25, 0.3) is 0 Å². The van der Waals surface area contributed by atoms with Crippen molar-refractivity contribution in [1.29, 1.82) is 0 Å². The Kier molecular flexibility index (Phi) is 4.79. The molecular formula is C18H29N3. The van der Waals surface area contributed by atoms with E-state index in [2.05, 4.69) is 41.2 Å². The number of aromatic nitrogens is 1. The maximum atomic E-state index is 4.67. The highest BCUT2D eigenvalue weighted by atomic mass is 15.2. The average molecular weight is 287 g/mol. The Balaban J connectivity index is 1.78. The number of pyridine rings is 1. The number of anilines is 1. The Labute approximate surface area is 129 Å². The summed E-state index contributed by atoms with van der Waals surface area (Å²) < 4.78 is 0. The lowest BCUT2D eigenvalue weighted by Gasteiger charge is -2.31. The number of likely N-dealkylation sites (tertiary alicyclic amines) is 1. The first kappa shape index (κ1) is 14.8. The van der Waals surface area contributed by atoms with Gasteiger partial charge in [-0.1, -0.05) is 25.3 Å². The van der Waals surface area contributed by atoms with E-state index in [0.717, 1.165) is 5.82 Å². The maximum Gasteiger partial charge on any atom is 0.130 e. The van der Waals surface area contributed by atoms with E-state index in [9.17, 15) is 0 Å². The molecule has 1 aromatic rings. The molecule has 2 aliphatic rings. The summed E-state index contributed by atoms with van der Waals surface area (Å²) in [6, 6.07) is 6.16. The van der Waals surface area contributed by atoms with Gasteiger partial charge in [-0.3, -0.25) is 4.90 Å². The van der Waals surface area contributed by atoms with Crippen LogP contribution in [0.2, 0.25) is 0 Å². The van der Waals surface area contributed by atoms with Crippen molar-refractivity contribution in [1.82, 2.24) is 9.88 Å². The smallest absolute Gasteiger partial charge is 0.130 e. The summed E-state index contributed by atoms with van der Waals surface area (Å²) in [4.78, 5) is 7.30. The zero-order valence-electron chi connectivity index (χ0n) is 13.5. The Morgan fingerprint density at radius 2 is 1.95 bits per heavy atom. The number of rotatable bonds is 4. The molecule has 21 heavy (non-hydrogen) atoms. The van der Waals surface area contributed by atoms with Gasteiger partial charge in [-0.05, 0) is 52.1 Å². The molecule has 0 radical (unpaired) electrons. The summed E-state index contributed by atoms with van der Waals surface area (Å²) in [5.74, 6) is 1.14. The number of hydrogen-bond donors (Lipinski definition) is 1. The zero-order valence-corrected chi connectivity index (χ0v) is 13.5. The van der Waals surface area contributed by atoms with Crippen molar-refractivity contribution in [3.63, 3.8) is 0 Å². The van der Waals surface area contributed by atoms with Crippen LogP contribution in [0.4, 0.5) is 5.82 Å². The molecule has 1 aliphatic carbocycles. The van der Waals surface area contributed by atoms with Crippen LogP contribution in [0.15, 0.2) is 18.3 Å². The third-order valence-corrected chi connectivity index (χ3v) is 5.10. The summed E-state index contributed by atoms with van der Waals surface area (Å²) >= 11 is 0. The van der Waals surface area contributed by atoms with Gasteiger partial charge in [-0.25, -0.2) is 4.98 Å². The van der Waals surface area contributed by atoms with Crippen molar-refractivity contribution in [2.45, 2.75) is 76.9 Å². The van der Waals surface area contributed by atoms with Gasteiger partial charge in [0.2, 0.25) is 0 Å². The highest BCUT2D eigenvalue weighted by molar-refractivity contribution is 5.47. The first-order chi connectivity index (χ1) is 10.3. The molecule has 2 fully saturated rings. The van der Waals surface area contributed by atoms with Crippen molar-refractivity contribution < 1.29 is 0 Å². The molecule has 0 bridgehead atoms. The lowest BCUT2D eigenvalue weighted by Crippen LogP contribution is -2.31. The largest absolute Gasteiger partial charge is 0.367 e. The van der Waals surface area contributed by atoms with E-state index in [1.54, 1.807) is 0 Å². The molecular weight excluding hydrogens is 258 g/mol. The molecule has 116 valence electrons. The van der Waals surface area contributed by atoms with Gasteiger partial charge in [0.05, 0.1) is 0 Å². The fraction of sp³-hybridized carbons (Fsp3) is 0.722. The SMILES string of the molecule is CC(C)N1CCC[C@@H]1c1cccnc1NC1CCCCC1. The van der Waals surface area contributed by atoms with E-state index >= 15 is 0 Å². The zero-order chi connectivity index (χ0) is 14.7. The number of nitrogens with zero attached hydrogens (tertiary/aromatic N) is 2. The maximum absolute atomic E-state index is 4.67. The van der Waals surface area contributed by atoms with Gasteiger partial charge in [-0.15, -0.1) is 0 Å². The van der Waals surface area contributed by atoms with Crippen LogP contribution < -0.4 is 5.32 Å². The molecule has 0 amide bonds. The minimum Gasteiger partial charge on any atom is -0.367 e. The Bertz CT molecular complexity index is 452. The van der Waals surface area contributed by atoms with Crippen LogP contribution in [-0.2, 0) is 0 Å². The molecule has 0 spiro atoms. The molecule has 1 aromatic heterocycles. The summed E-state index contributed by atoms with van der Waals surface area (Å²) in [6.07, 6.45) is 11.2. The topological polar surface area (TPSA) is 28.2 Å². The standard InChI is InChI=1S/C18H29N3/c1-14(2)21-13-7-11-17(21)16-10-6-12-19-18(16)20-15-8-4-3-5-9-15/h6,10,12,14-15,17H,3-5,7-9,11,13H2,1-2H3,(H,19,20)/t17-/m1/s1. The molecule has 3 nitrogen and oxygen atoms in total. The van der Waals surface area contributed by atoms with Crippen molar-refractivity contribution in [2.75, 3.05) is 11.9 Å². The molecule has 3 heteroatoms. The molecule has 1 aliphatic heterocycles. The van der Waals surface area contributed by atoms with Crippen molar-refractivity contribution in [2.24, 2.45) is 0 Å². The van der Waals surface area contributed by atoms with E-state index in [-0.39, 0.29) is 0 Å². The highest BCUT2D eigenvalue weighted by Crippen LogP contribution is 2.37. The van der Waals surface area contributed by atoms with Gasteiger partial charge in [0, 0.05) is 29.9 Å². The van der Waals surface area contributed by atoms with Gasteiger partial charge in [0.25, 0.3) is 0 Å². The molecule has 1 saturated heterocycles. The summed E-state index contributed by atoms with van der Waals surface area (Å²) in [5, 5.41) is 3.75. The van der Waals surface area contributed by atoms with Crippen LogP contribution in [-0.4, -0.2) is 28.5 Å². The van der Waals surface area contributed by atoms with E-state index in [1.807, 2.05) is 6.20 Å². The lowest BCUT2D eigenvalue weighted by atomic mass is 9.95. The minimum absolute atomic E-state index is 0.546. The van der Waals surface area contributed by atoms with E-state index in [4.69, 9.17) is 0 Å². The van der Waals surface area contributed by atoms with Crippen LogP contribution in [0, 0.1) is 0 Å². The third-order valence-electron chi connectivity index (χ3n) is 5.10. The molecule has 3 rings (SSSR count). The predicted octanol–water partition coefficient (Wildman–Crippen LogP) is 4.37. The summed E-state index contributed by atoms with van der Waals surface area (Å²) in [7, 11) is 0. The van der Waals surface area contributed by atoms with E-state index in [1.165, 1.54) is 57.1 Å². The molecule has 0 unspecified atom stereocenters. The van der Waals surface area contributed by atoms with Gasteiger partial charge < -0.3 is 5.32 Å². The first-order valence-corrected chi connectivity index (χ1v) is 8.73. The minimum atomic E-state index is 0.546. The molecule has 1 saturated carbocycles. The summed E-state index contributed by atoms with van der Waals surface area (Å²) in [5.41, 5.74) is 1.41. The quantitative estimate of drug-likeness (QED) is 0.891. The van der Waals surface area contributed by atoms with Crippen LogP contribution >= 0.6 is 0 Å². The Morgan fingerprint density at radius 1 is 1.14 bits per heavy atom. The summed E-state index contributed by atoms with van der Waals surface area (Å²) in [6.45, 7) is 5.84. The average Bonchev–Trinajstić information content (AvgIpc) is 2.98. The lowest BCUT2D eigenvalue weighted by molar-refractivity contribution is 0.205.